The molecule has 4 heterocycles. The van der Waals surface area contributed by atoms with Crippen molar-refractivity contribution < 1.29 is 28.6 Å². The molecule has 12 heteroatoms. The van der Waals surface area contributed by atoms with Crippen LogP contribution < -0.4 is 15.0 Å². The minimum atomic E-state index is -1.29. The Bertz CT molecular complexity index is 1790. The van der Waals surface area contributed by atoms with Crippen LogP contribution in [-0.4, -0.2) is 93.8 Å². The smallest absolute Gasteiger partial charge is 0.407 e. The normalized spacial score (nSPS) is 20.0. The van der Waals surface area contributed by atoms with Crippen molar-refractivity contribution in [3.63, 3.8) is 0 Å². The van der Waals surface area contributed by atoms with Crippen molar-refractivity contribution in [2.24, 2.45) is 7.05 Å². The summed E-state index contributed by atoms with van der Waals surface area (Å²) in [4.78, 5) is 35.0. The number of amides is 2. The molecule has 2 N–H and O–H groups in total. The Morgan fingerprint density at radius 1 is 1.13 bits per heavy atom. The summed E-state index contributed by atoms with van der Waals surface area (Å²) in [6.45, 7) is 9.27. The number of aliphatic hydroxyl groups excluding tert-OH is 1. The maximum atomic E-state index is 14.9. The number of nitrogens with one attached hydrogen (secondary N) is 1. The maximum Gasteiger partial charge on any atom is 0.407 e. The molecule has 0 radical (unpaired) electrons. The highest BCUT2D eigenvalue weighted by atomic mass is 19.1. The van der Waals surface area contributed by atoms with E-state index in [9.17, 15) is 19.1 Å². The van der Waals surface area contributed by atoms with Crippen LogP contribution in [0.4, 0.5) is 14.9 Å². The fourth-order valence-electron chi connectivity index (χ4n) is 6.91. The minimum Gasteiger partial charge on any atom is -0.494 e. The van der Waals surface area contributed by atoms with E-state index in [0.717, 1.165) is 46.7 Å². The van der Waals surface area contributed by atoms with Crippen molar-refractivity contribution in [2.45, 2.75) is 64.4 Å². The number of benzene rings is 2. The lowest BCUT2D eigenvalue weighted by molar-refractivity contribution is 0.0394. The molecule has 2 aliphatic heterocycles. The number of likely N-dealkylation sites (tertiary alicyclic amines) is 1. The molecule has 1 saturated heterocycles. The molecule has 1 fully saturated rings. The molecular weight excluding hydrogens is 591 g/mol. The largest absolute Gasteiger partial charge is 0.494 e. The first kappa shape index (κ1) is 31.7. The average Bonchev–Trinajstić information content (AvgIpc) is 3.54. The number of aliphatic hydroxyl groups is 1. The molecule has 46 heavy (non-hydrogen) atoms. The van der Waals surface area contributed by atoms with E-state index in [-0.39, 0.29) is 38.1 Å². The van der Waals surface area contributed by atoms with Gasteiger partial charge in [-0.3, -0.25) is 4.79 Å². The van der Waals surface area contributed by atoms with Crippen molar-refractivity contribution in [3.8, 4) is 17.3 Å². The summed E-state index contributed by atoms with van der Waals surface area (Å²) in [6, 6.07) is 11.4. The van der Waals surface area contributed by atoms with Gasteiger partial charge in [-0.15, -0.1) is 0 Å². The Morgan fingerprint density at radius 2 is 1.91 bits per heavy atom. The van der Waals surface area contributed by atoms with E-state index in [2.05, 4.69) is 46.0 Å². The highest BCUT2D eigenvalue weighted by Crippen LogP contribution is 2.41. The number of nitrogens with zero attached hydrogens (tertiary/aromatic N) is 5. The number of fused-ring (bicyclic) bond motifs is 1. The molecule has 0 saturated carbocycles. The van der Waals surface area contributed by atoms with Gasteiger partial charge < -0.3 is 38.8 Å². The molecular formula is C34H43FN6O5. The van der Waals surface area contributed by atoms with Crippen molar-refractivity contribution in [3.05, 3.63) is 42.0 Å². The summed E-state index contributed by atoms with van der Waals surface area (Å²) < 4.78 is 30.3. The van der Waals surface area contributed by atoms with E-state index in [4.69, 9.17) is 14.5 Å². The summed E-state index contributed by atoms with van der Waals surface area (Å²) in [5.41, 5.74) is 4.18. The number of para-hydroxylation sites is 1. The van der Waals surface area contributed by atoms with Crippen LogP contribution in [-0.2, 0) is 11.8 Å². The Hall–Kier alpha value is -4.32. The monoisotopic (exact) mass is 634 g/mol. The van der Waals surface area contributed by atoms with Gasteiger partial charge in [-0.2, -0.15) is 0 Å². The number of alkyl carbamates (subject to hydrolysis) is 1. The van der Waals surface area contributed by atoms with Crippen LogP contribution >= 0.6 is 0 Å². The summed E-state index contributed by atoms with van der Waals surface area (Å²) in [6.07, 6.45) is -1.13. The standard InChI is InChI=1S/C34H43FN6O5/c1-20-17-39(11-8-12-42)26-10-7-9-21-14-27(41(20)29(21)26)31-37-25-13-22(15-28(45-6)30(25)38(31)5)32(43)40-18-23(35)16-24(19-40)36-33(44)46-34(2,3)4/h7,9-10,13-15,20,23-24,42H,8,11-12,16-19H2,1-6H3,(H,36,44)/t20?,23-,24-/m1/s1. The average molecular weight is 635 g/mol. The third-order valence-corrected chi connectivity index (χ3v) is 8.73. The molecule has 2 aromatic heterocycles. The molecule has 1 unspecified atom stereocenters. The highest BCUT2D eigenvalue weighted by Gasteiger charge is 2.34. The van der Waals surface area contributed by atoms with Gasteiger partial charge in [-0.1, -0.05) is 12.1 Å². The number of ether oxygens (including phenoxy) is 2. The Balaban J connectivity index is 1.35. The molecule has 246 valence electrons. The second-order valence-corrected chi connectivity index (χ2v) is 13.4. The molecule has 2 aromatic carbocycles. The van der Waals surface area contributed by atoms with Crippen molar-refractivity contribution in [1.29, 1.82) is 0 Å². The minimum absolute atomic E-state index is 0.0746. The lowest BCUT2D eigenvalue weighted by atomic mass is 10.0. The van der Waals surface area contributed by atoms with Gasteiger partial charge in [0.25, 0.3) is 5.91 Å². The van der Waals surface area contributed by atoms with Gasteiger partial charge in [0.05, 0.1) is 42.1 Å². The predicted molar refractivity (Wildman–Crippen MR) is 175 cm³/mol. The maximum absolute atomic E-state index is 14.9. The van der Waals surface area contributed by atoms with Crippen molar-refractivity contribution in [2.75, 3.05) is 44.8 Å². The van der Waals surface area contributed by atoms with Crippen LogP contribution in [0.3, 0.4) is 0 Å². The second kappa shape index (κ2) is 12.1. The van der Waals surface area contributed by atoms with E-state index >= 15 is 0 Å². The number of carbonyl (C=O) groups is 2. The van der Waals surface area contributed by atoms with Gasteiger partial charge in [-0.05, 0) is 58.4 Å². The van der Waals surface area contributed by atoms with Gasteiger partial charge >= 0.3 is 6.09 Å². The van der Waals surface area contributed by atoms with Gasteiger partial charge in [0, 0.05) is 56.7 Å². The molecule has 11 nitrogen and oxygen atoms in total. The second-order valence-electron chi connectivity index (χ2n) is 13.4. The number of hydrogen-bond acceptors (Lipinski definition) is 7. The molecule has 2 amide bonds. The fourth-order valence-corrected chi connectivity index (χ4v) is 6.91. The van der Waals surface area contributed by atoms with E-state index in [1.807, 2.05) is 11.6 Å². The zero-order chi connectivity index (χ0) is 32.9. The van der Waals surface area contributed by atoms with Gasteiger partial charge in [0.1, 0.15) is 23.0 Å². The number of methoxy groups -OCH3 is 1. The molecule has 2 aliphatic rings. The molecule has 3 atom stereocenters. The summed E-state index contributed by atoms with van der Waals surface area (Å²) >= 11 is 0. The first-order valence-electron chi connectivity index (χ1n) is 15.9. The van der Waals surface area contributed by atoms with Crippen LogP contribution in [0.2, 0.25) is 0 Å². The summed E-state index contributed by atoms with van der Waals surface area (Å²) in [5.74, 6) is 0.854. The molecule has 0 bridgehead atoms. The third-order valence-electron chi connectivity index (χ3n) is 8.73. The number of halogens is 1. The first-order chi connectivity index (χ1) is 21.9. The van der Waals surface area contributed by atoms with E-state index in [0.29, 0.717) is 23.3 Å². The number of piperidine rings is 1. The van der Waals surface area contributed by atoms with Crippen LogP contribution in [0.25, 0.3) is 33.5 Å². The van der Waals surface area contributed by atoms with E-state index in [1.54, 1.807) is 40.0 Å². The fraction of sp³-hybridized carbons (Fsp3) is 0.500. The van der Waals surface area contributed by atoms with Crippen LogP contribution in [0.15, 0.2) is 36.4 Å². The number of aromatic nitrogens is 3. The lowest BCUT2D eigenvalue weighted by Gasteiger charge is -2.35. The summed E-state index contributed by atoms with van der Waals surface area (Å²) in [7, 11) is 3.49. The predicted octanol–water partition coefficient (Wildman–Crippen LogP) is 5.04. The van der Waals surface area contributed by atoms with Gasteiger partial charge in [0.15, 0.2) is 5.82 Å². The number of imidazole rings is 1. The highest BCUT2D eigenvalue weighted by molar-refractivity contribution is 6.01. The van der Waals surface area contributed by atoms with Crippen LogP contribution in [0.5, 0.6) is 5.75 Å². The Kier molecular flexibility index (Phi) is 8.34. The number of alkyl halides is 1. The molecule has 0 aliphatic carbocycles. The number of anilines is 1. The Morgan fingerprint density at radius 3 is 2.63 bits per heavy atom. The SMILES string of the molecule is COc1cc(C(=O)N2C[C@H](F)C[C@@H](NC(=O)OC(C)(C)C)C2)cc2nc(-c3cc4cccc5c4n3C(C)CN5CCCO)n(C)c12. The topological polar surface area (TPSA) is 114 Å². The van der Waals surface area contributed by atoms with Crippen molar-refractivity contribution >= 4 is 39.6 Å². The van der Waals surface area contributed by atoms with E-state index < -0.39 is 23.9 Å². The molecule has 0 spiro atoms. The summed E-state index contributed by atoms with van der Waals surface area (Å²) in [5, 5.41) is 13.3. The zero-order valence-corrected chi connectivity index (χ0v) is 27.3. The molecule has 6 rings (SSSR count). The number of hydrogen-bond donors (Lipinski definition) is 2. The number of rotatable bonds is 7. The van der Waals surface area contributed by atoms with Crippen LogP contribution in [0, 0.1) is 0 Å². The Labute approximate surface area is 267 Å². The zero-order valence-electron chi connectivity index (χ0n) is 27.3. The number of carbonyl (C=O) groups excluding carboxylic acids is 2. The van der Waals surface area contributed by atoms with Crippen molar-refractivity contribution in [1.82, 2.24) is 24.3 Å². The van der Waals surface area contributed by atoms with Gasteiger partial charge in [-0.25, -0.2) is 14.2 Å². The quantitative estimate of drug-likeness (QED) is 0.293. The molecule has 4 aromatic rings. The van der Waals surface area contributed by atoms with Crippen LogP contribution in [0.1, 0.15) is 56.9 Å². The van der Waals surface area contributed by atoms with E-state index in [1.165, 1.54) is 4.90 Å². The lowest BCUT2D eigenvalue weighted by Crippen LogP contribution is -2.54. The number of aryl methyl sites for hydroxylation is 1. The van der Waals surface area contributed by atoms with Gasteiger partial charge in [0.2, 0.25) is 0 Å². The third kappa shape index (κ3) is 5.86. The first-order valence-corrected chi connectivity index (χ1v) is 15.9.